The van der Waals surface area contributed by atoms with Crippen LogP contribution in [-0.2, 0) is 0 Å². The fourth-order valence-corrected chi connectivity index (χ4v) is 2.70. The number of nitrogens with zero attached hydrogens (tertiary/aromatic N) is 6. The highest BCUT2D eigenvalue weighted by Gasteiger charge is 2.11. The summed E-state index contributed by atoms with van der Waals surface area (Å²) in [4.78, 5) is 22.3. The zero-order chi connectivity index (χ0) is 18.5. The summed E-state index contributed by atoms with van der Waals surface area (Å²) in [6, 6.07) is 8.37. The first-order chi connectivity index (χ1) is 12.6. The lowest BCUT2D eigenvalue weighted by Gasteiger charge is -2.18. The van der Waals surface area contributed by atoms with Crippen LogP contribution in [0.3, 0.4) is 0 Å². The van der Waals surface area contributed by atoms with Gasteiger partial charge in [0.1, 0.15) is 5.52 Å². The van der Waals surface area contributed by atoms with Crippen LogP contribution in [0.5, 0.6) is 0 Å². The molecule has 0 amide bonds. The van der Waals surface area contributed by atoms with Crippen LogP contribution in [0.4, 0.5) is 11.6 Å². The maximum Gasteiger partial charge on any atom is 0.228 e. The Morgan fingerprint density at radius 1 is 0.885 bits per heavy atom. The average molecular weight is 348 g/mol. The van der Waals surface area contributed by atoms with Crippen molar-refractivity contribution in [3.8, 4) is 0 Å². The Morgan fingerprint density at radius 2 is 1.58 bits per heavy atom. The molecule has 0 N–H and O–H groups in total. The Kier molecular flexibility index (Phi) is 5.41. The molecule has 2 heterocycles. The van der Waals surface area contributed by atoms with Crippen molar-refractivity contribution in [2.75, 3.05) is 37.0 Å². The molecule has 0 spiro atoms. The quantitative estimate of drug-likeness (QED) is 0.679. The molecule has 0 saturated carbocycles. The first kappa shape index (κ1) is 17.8. The third-order valence-electron chi connectivity index (χ3n) is 4.24. The van der Waals surface area contributed by atoms with Gasteiger partial charge in [-0.05, 0) is 37.6 Å². The topological polar surface area (TPSA) is 58.0 Å². The van der Waals surface area contributed by atoms with Crippen LogP contribution in [0.15, 0.2) is 36.7 Å². The van der Waals surface area contributed by atoms with Gasteiger partial charge in [0, 0.05) is 45.3 Å². The fraction of sp³-hybridized carbons (Fsp3) is 0.300. The van der Waals surface area contributed by atoms with Crippen molar-refractivity contribution >= 4 is 35.0 Å². The van der Waals surface area contributed by atoms with Crippen molar-refractivity contribution in [2.24, 2.45) is 0 Å². The third kappa shape index (κ3) is 3.79. The smallest absolute Gasteiger partial charge is 0.228 e. The average Bonchev–Trinajstić information content (AvgIpc) is 2.67. The van der Waals surface area contributed by atoms with E-state index < -0.39 is 0 Å². The van der Waals surface area contributed by atoms with Crippen LogP contribution in [0.1, 0.15) is 25.1 Å². The zero-order valence-corrected chi connectivity index (χ0v) is 15.7. The van der Waals surface area contributed by atoms with Crippen LogP contribution >= 0.6 is 0 Å². The summed E-state index contributed by atoms with van der Waals surface area (Å²) in [5.41, 5.74) is 4.39. The standard InChI is InChI=1S/C20H24N6/c1-5-26(6-2)20-23-17(18-19(24-20)22-14-13-21-18)12-9-15-7-10-16(11-8-15)25(3)4/h7-14H,5-6H2,1-4H3/b12-9+. The van der Waals surface area contributed by atoms with Crippen LogP contribution in [0.25, 0.3) is 23.3 Å². The third-order valence-corrected chi connectivity index (χ3v) is 4.24. The van der Waals surface area contributed by atoms with Gasteiger partial charge < -0.3 is 9.80 Å². The van der Waals surface area contributed by atoms with E-state index in [1.54, 1.807) is 12.4 Å². The summed E-state index contributed by atoms with van der Waals surface area (Å²) in [6.07, 6.45) is 7.36. The van der Waals surface area contributed by atoms with Gasteiger partial charge in [-0.1, -0.05) is 18.2 Å². The van der Waals surface area contributed by atoms with E-state index in [0.29, 0.717) is 17.1 Å². The van der Waals surface area contributed by atoms with E-state index in [1.165, 1.54) is 5.69 Å². The molecule has 6 heteroatoms. The molecule has 0 aliphatic carbocycles. The zero-order valence-electron chi connectivity index (χ0n) is 15.7. The highest BCUT2D eigenvalue weighted by molar-refractivity contribution is 5.84. The predicted molar refractivity (Wildman–Crippen MR) is 108 cm³/mol. The van der Waals surface area contributed by atoms with Crippen molar-refractivity contribution in [2.45, 2.75) is 13.8 Å². The van der Waals surface area contributed by atoms with E-state index >= 15 is 0 Å². The molecule has 0 atom stereocenters. The molecule has 26 heavy (non-hydrogen) atoms. The van der Waals surface area contributed by atoms with Crippen LogP contribution in [0, 0.1) is 0 Å². The minimum atomic E-state index is 0.618. The largest absolute Gasteiger partial charge is 0.378 e. The highest BCUT2D eigenvalue weighted by atomic mass is 15.3. The molecule has 0 aliphatic rings. The van der Waals surface area contributed by atoms with E-state index in [9.17, 15) is 0 Å². The Hall–Kier alpha value is -3.02. The number of aromatic nitrogens is 4. The predicted octanol–water partition coefficient (Wildman–Crippen LogP) is 3.50. The van der Waals surface area contributed by atoms with E-state index in [0.717, 1.165) is 24.3 Å². The highest BCUT2D eigenvalue weighted by Crippen LogP contribution is 2.19. The van der Waals surface area contributed by atoms with Crippen molar-refractivity contribution in [1.82, 2.24) is 19.9 Å². The van der Waals surface area contributed by atoms with Crippen molar-refractivity contribution in [1.29, 1.82) is 0 Å². The van der Waals surface area contributed by atoms with E-state index in [4.69, 9.17) is 4.98 Å². The molecule has 1 aromatic carbocycles. The van der Waals surface area contributed by atoms with Crippen molar-refractivity contribution in [3.05, 3.63) is 47.9 Å². The molecule has 134 valence electrons. The summed E-state index contributed by atoms with van der Waals surface area (Å²) in [5.74, 6) is 0.686. The monoisotopic (exact) mass is 348 g/mol. The molecule has 0 saturated heterocycles. The molecule has 2 aromatic heterocycles. The Morgan fingerprint density at radius 3 is 2.23 bits per heavy atom. The maximum absolute atomic E-state index is 4.72. The van der Waals surface area contributed by atoms with Gasteiger partial charge in [-0.2, -0.15) is 4.98 Å². The molecule has 0 bridgehead atoms. The number of anilines is 2. The molecule has 0 unspecified atom stereocenters. The summed E-state index contributed by atoms with van der Waals surface area (Å²) in [6.45, 7) is 5.87. The Bertz CT molecular complexity index is 898. The van der Waals surface area contributed by atoms with Gasteiger partial charge in [0.05, 0.1) is 5.69 Å². The lowest BCUT2D eigenvalue weighted by atomic mass is 10.1. The van der Waals surface area contributed by atoms with Gasteiger partial charge in [-0.3, -0.25) is 0 Å². The van der Waals surface area contributed by atoms with Crippen molar-refractivity contribution in [3.63, 3.8) is 0 Å². The fourth-order valence-electron chi connectivity index (χ4n) is 2.70. The van der Waals surface area contributed by atoms with Gasteiger partial charge in [0.25, 0.3) is 0 Å². The summed E-state index contributed by atoms with van der Waals surface area (Å²) >= 11 is 0. The molecule has 0 radical (unpaired) electrons. The lowest BCUT2D eigenvalue weighted by molar-refractivity contribution is 0.823. The summed E-state index contributed by atoms with van der Waals surface area (Å²) in [5, 5.41) is 0. The summed E-state index contributed by atoms with van der Waals surface area (Å²) < 4.78 is 0. The van der Waals surface area contributed by atoms with E-state index in [2.05, 4.69) is 62.9 Å². The minimum Gasteiger partial charge on any atom is -0.378 e. The molecular formula is C20H24N6. The second-order valence-corrected chi connectivity index (χ2v) is 6.13. The summed E-state index contributed by atoms with van der Waals surface area (Å²) in [7, 11) is 4.07. The minimum absolute atomic E-state index is 0.618. The normalized spacial score (nSPS) is 11.2. The number of rotatable bonds is 6. The number of benzene rings is 1. The molecule has 6 nitrogen and oxygen atoms in total. The Labute approximate surface area is 154 Å². The second-order valence-electron chi connectivity index (χ2n) is 6.13. The van der Waals surface area contributed by atoms with Crippen molar-refractivity contribution < 1.29 is 0 Å². The molecular weight excluding hydrogens is 324 g/mol. The number of fused-ring (bicyclic) bond motifs is 1. The molecule has 0 aliphatic heterocycles. The lowest BCUT2D eigenvalue weighted by Crippen LogP contribution is -2.24. The number of hydrogen-bond donors (Lipinski definition) is 0. The first-order valence-corrected chi connectivity index (χ1v) is 8.81. The number of hydrogen-bond acceptors (Lipinski definition) is 6. The van der Waals surface area contributed by atoms with Crippen LogP contribution < -0.4 is 9.80 Å². The second kappa shape index (κ2) is 7.91. The Balaban J connectivity index is 1.99. The van der Waals surface area contributed by atoms with Gasteiger partial charge in [-0.25, -0.2) is 15.0 Å². The van der Waals surface area contributed by atoms with Gasteiger partial charge in [-0.15, -0.1) is 0 Å². The molecule has 0 fully saturated rings. The maximum atomic E-state index is 4.72. The molecule has 3 rings (SSSR count). The molecule has 3 aromatic rings. The van der Waals surface area contributed by atoms with Crippen LogP contribution in [0.2, 0.25) is 0 Å². The first-order valence-electron chi connectivity index (χ1n) is 8.81. The van der Waals surface area contributed by atoms with Gasteiger partial charge >= 0.3 is 0 Å². The van der Waals surface area contributed by atoms with Gasteiger partial charge in [0.2, 0.25) is 5.95 Å². The van der Waals surface area contributed by atoms with Gasteiger partial charge in [0.15, 0.2) is 5.65 Å². The van der Waals surface area contributed by atoms with E-state index in [1.807, 2.05) is 26.2 Å². The van der Waals surface area contributed by atoms with Crippen LogP contribution in [-0.4, -0.2) is 47.1 Å². The van der Waals surface area contributed by atoms with E-state index in [-0.39, 0.29) is 0 Å². The SMILES string of the molecule is CCN(CC)c1nc(/C=C/c2ccc(N(C)C)cc2)c2nccnc2n1.